The Morgan fingerprint density at radius 1 is 1.06 bits per heavy atom. The fourth-order valence-corrected chi connectivity index (χ4v) is 4.45. The molecule has 0 spiro atoms. The van der Waals surface area contributed by atoms with Crippen molar-refractivity contribution in [3.8, 4) is 11.5 Å². The Kier molecular flexibility index (Phi) is 6.21. The van der Waals surface area contributed by atoms with E-state index in [1.807, 2.05) is 54.0 Å². The molecule has 2 aromatic carbocycles. The van der Waals surface area contributed by atoms with Gasteiger partial charge >= 0.3 is 0 Å². The topological polar surface area (TPSA) is 69.6 Å². The van der Waals surface area contributed by atoms with E-state index in [0.29, 0.717) is 18.8 Å². The van der Waals surface area contributed by atoms with Gasteiger partial charge < -0.3 is 19.4 Å². The average Bonchev–Trinajstić information content (AvgIpc) is 2.90. The van der Waals surface area contributed by atoms with E-state index in [9.17, 15) is 9.59 Å². The zero-order valence-corrected chi connectivity index (χ0v) is 19.1. The summed E-state index contributed by atoms with van der Waals surface area (Å²) < 4.78 is 13.5. The summed E-state index contributed by atoms with van der Waals surface area (Å²) >= 11 is 0. The van der Waals surface area contributed by atoms with Gasteiger partial charge in [0.25, 0.3) is 0 Å². The van der Waals surface area contributed by atoms with Crippen molar-refractivity contribution < 1.29 is 19.1 Å². The molecule has 1 aromatic heterocycles. The van der Waals surface area contributed by atoms with E-state index in [4.69, 9.17) is 9.47 Å². The molecule has 1 N–H and O–H groups in total. The maximum Gasteiger partial charge on any atom is 0.240 e. The van der Waals surface area contributed by atoms with Crippen molar-refractivity contribution in [1.82, 2.24) is 9.88 Å². The third-order valence-corrected chi connectivity index (χ3v) is 6.00. The van der Waals surface area contributed by atoms with Crippen molar-refractivity contribution in [1.29, 1.82) is 0 Å². The van der Waals surface area contributed by atoms with E-state index in [-0.39, 0.29) is 30.2 Å². The highest BCUT2D eigenvalue weighted by Gasteiger charge is 2.23. The third kappa shape index (κ3) is 4.22. The number of benzene rings is 2. The van der Waals surface area contributed by atoms with Crippen molar-refractivity contribution in [2.24, 2.45) is 5.92 Å². The summed E-state index contributed by atoms with van der Waals surface area (Å²) in [6.07, 6.45) is 0.848. The van der Waals surface area contributed by atoms with E-state index in [0.717, 1.165) is 40.1 Å². The van der Waals surface area contributed by atoms with E-state index in [2.05, 4.69) is 19.2 Å². The number of amides is 1. The number of aromatic nitrogens is 1. The first kappa shape index (κ1) is 21.9. The molecule has 1 atom stereocenters. The van der Waals surface area contributed by atoms with Crippen molar-refractivity contribution in [3.63, 3.8) is 0 Å². The molecule has 168 valence electrons. The van der Waals surface area contributed by atoms with Crippen molar-refractivity contribution >= 4 is 22.6 Å². The van der Waals surface area contributed by atoms with Gasteiger partial charge in [0.2, 0.25) is 5.91 Å². The monoisotopic (exact) mass is 434 g/mol. The number of para-hydroxylation sites is 1. The molecule has 0 aliphatic carbocycles. The third-order valence-electron chi connectivity index (χ3n) is 6.00. The number of carbonyl (C=O) groups excluding carboxylic acids is 2. The number of fused-ring (bicyclic) bond motifs is 2. The fourth-order valence-electron chi connectivity index (χ4n) is 4.45. The average molecular weight is 435 g/mol. The van der Waals surface area contributed by atoms with Crippen LogP contribution in [-0.4, -0.2) is 29.5 Å². The predicted molar refractivity (Wildman–Crippen MR) is 124 cm³/mol. The van der Waals surface area contributed by atoms with E-state index in [1.54, 1.807) is 6.92 Å². The molecule has 3 aromatic rings. The summed E-state index contributed by atoms with van der Waals surface area (Å²) in [6, 6.07) is 13.4. The molecular weight excluding hydrogens is 404 g/mol. The highest BCUT2D eigenvalue weighted by molar-refractivity contribution is 6.08. The standard InChI is InChI=1S/C26H30N2O4/c1-16(2)26(19-10-11-22-23(14-19)32-13-7-12-31-22)27-24(30)15-28-17(3)25(18(4)29)20-8-5-6-9-21(20)28/h5-6,8-11,14,16,26H,7,12-13,15H2,1-4H3,(H,27,30)/t26-/m1/s1. The first-order valence-corrected chi connectivity index (χ1v) is 11.1. The lowest BCUT2D eigenvalue weighted by molar-refractivity contribution is -0.122. The molecule has 0 saturated heterocycles. The zero-order chi connectivity index (χ0) is 22.8. The molecule has 1 amide bonds. The van der Waals surface area contributed by atoms with Gasteiger partial charge in [-0.3, -0.25) is 9.59 Å². The van der Waals surface area contributed by atoms with Crippen LogP contribution in [0.1, 0.15) is 54.8 Å². The largest absolute Gasteiger partial charge is 0.490 e. The van der Waals surface area contributed by atoms with Crippen LogP contribution in [0, 0.1) is 12.8 Å². The SMILES string of the molecule is CC(=O)c1c(C)n(CC(=O)N[C@@H](c2ccc3c(c2)OCCCO3)C(C)C)c2ccccc12. The Bertz CT molecular complexity index is 1160. The predicted octanol–water partition coefficient (Wildman–Crippen LogP) is 4.83. The van der Waals surface area contributed by atoms with Crippen molar-refractivity contribution in [3.05, 3.63) is 59.3 Å². The molecular formula is C26H30N2O4. The second-order valence-corrected chi connectivity index (χ2v) is 8.67. The van der Waals surface area contributed by atoms with Crippen molar-refractivity contribution in [2.45, 2.75) is 46.7 Å². The summed E-state index contributed by atoms with van der Waals surface area (Å²) in [5, 5.41) is 4.08. The van der Waals surface area contributed by atoms with Crippen LogP contribution in [0.15, 0.2) is 42.5 Å². The van der Waals surface area contributed by atoms with Crippen molar-refractivity contribution in [2.75, 3.05) is 13.2 Å². The normalized spacial score (nSPS) is 14.3. The summed E-state index contributed by atoms with van der Waals surface area (Å²) in [5.74, 6) is 1.54. The van der Waals surface area contributed by atoms with Crippen LogP contribution in [0.3, 0.4) is 0 Å². The van der Waals surface area contributed by atoms with Crippen LogP contribution in [0.2, 0.25) is 0 Å². The van der Waals surface area contributed by atoms with Gasteiger partial charge in [0, 0.05) is 28.6 Å². The van der Waals surface area contributed by atoms with Crippen LogP contribution in [0.4, 0.5) is 0 Å². The minimum Gasteiger partial charge on any atom is -0.490 e. The van der Waals surface area contributed by atoms with Gasteiger partial charge in [0.15, 0.2) is 17.3 Å². The molecule has 4 rings (SSSR count). The Labute approximate surface area is 188 Å². The molecule has 32 heavy (non-hydrogen) atoms. The summed E-state index contributed by atoms with van der Waals surface area (Å²) in [7, 11) is 0. The Morgan fingerprint density at radius 2 is 1.78 bits per heavy atom. The maximum atomic E-state index is 13.1. The van der Waals surface area contributed by atoms with Gasteiger partial charge in [0.05, 0.1) is 19.3 Å². The number of rotatable bonds is 6. The number of nitrogens with zero attached hydrogens (tertiary/aromatic N) is 1. The smallest absolute Gasteiger partial charge is 0.240 e. The van der Waals surface area contributed by atoms with Crippen LogP contribution < -0.4 is 14.8 Å². The van der Waals surface area contributed by atoms with Gasteiger partial charge in [-0.1, -0.05) is 38.1 Å². The number of Topliss-reactive ketones (excluding diaryl/α,β-unsaturated/α-hetero) is 1. The molecule has 0 saturated carbocycles. The lowest BCUT2D eigenvalue weighted by atomic mass is 9.95. The van der Waals surface area contributed by atoms with E-state index >= 15 is 0 Å². The lowest BCUT2D eigenvalue weighted by Gasteiger charge is -2.24. The number of hydrogen-bond donors (Lipinski definition) is 1. The zero-order valence-electron chi connectivity index (χ0n) is 19.1. The fraction of sp³-hybridized carbons (Fsp3) is 0.385. The Hall–Kier alpha value is -3.28. The number of nitrogens with one attached hydrogen (secondary N) is 1. The summed E-state index contributed by atoms with van der Waals surface area (Å²) in [6.45, 7) is 9.03. The van der Waals surface area contributed by atoms with Gasteiger partial charge in [-0.05, 0) is 43.5 Å². The molecule has 1 aliphatic heterocycles. The first-order valence-electron chi connectivity index (χ1n) is 11.1. The quantitative estimate of drug-likeness (QED) is 0.565. The van der Waals surface area contributed by atoms with Gasteiger partial charge in [-0.25, -0.2) is 0 Å². The number of ether oxygens (including phenoxy) is 2. The van der Waals surface area contributed by atoms with Gasteiger partial charge in [0.1, 0.15) is 6.54 Å². The molecule has 0 radical (unpaired) electrons. The van der Waals surface area contributed by atoms with Gasteiger partial charge in [-0.15, -0.1) is 0 Å². The minimum absolute atomic E-state index is 0.00473. The molecule has 2 heterocycles. The van der Waals surface area contributed by atoms with Crippen LogP contribution >= 0.6 is 0 Å². The molecule has 0 unspecified atom stereocenters. The maximum absolute atomic E-state index is 13.1. The Morgan fingerprint density at radius 3 is 2.50 bits per heavy atom. The summed E-state index contributed by atoms with van der Waals surface area (Å²) in [5.41, 5.74) is 3.36. The second kappa shape index (κ2) is 9.07. The highest BCUT2D eigenvalue weighted by Crippen LogP contribution is 2.34. The molecule has 0 fully saturated rings. The molecule has 0 bridgehead atoms. The summed E-state index contributed by atoms with van der Waals surface area (Å²) in [4.78, 5) is 25.4. The van der Waals surface area contributed by atoms with Gasteiger partial charge in [-0.2, -0.15) is 0 Å². The van der Waals surface area contributed by atoms with Crippen LogP contribution in [0.5, 0.6) is 11.5 Å². The van der Waals surface area contributed by atoms with E-state index < -0.39 is 0 Å². The second-order valence-electron chi connectivity index (χ2n) is 8.67. The van der Waals surface area contributed by atoms with E-state index in [1.165, 1.54) is 0 Å². The number of hydrogen-bond acceptors (Lipinski definition) is 4. The molecule has 1 aliphatic rings. The lowest BCUT2D eigenvalue weighted by Crippen LogP contribution is -2.34. The number of ketones is 1. The first-order chi connectivity index (χ1) is 15.4. The number of carbonyl (C=O) groups is 2. The highest BCUT2D eigenvalue weighted by atomic mass is 16.5. The molecule has 6 heteroatoms. The molecule has 6 nitrogen and oxygen atoms in total. The Balaban J connectivity index is 1.60. The van der Waals surface area contributed by atoms with Crippen LogP contribution in [0.25, 0.3) is 10.9 Å². The van der Waals surface area contributed by atoms with Crippen LogP contribution in [-0.2, 0) is 11.3 Å². The minimum atomic E-state index is -0.172.